The van der Waals surface area contributed by atoms with E-state index in [1.54, 1.807) is 7.11 Å². The smallest absolute Gasteiger partial charge is 0.230 e. The number of hydrogen-bond donors (Lipinski definition) is 1. The Morgan fingerprint density at radius 1 is 1.31 bits per heavy atom. The normalized spacial score (nSPS) is 21.0. The number of amides is 3. The van der Waals surface area contributed by atoms with E-state index in [2.05, 4.69) is 5.32 Å². The van der Waals surface area contributed by atoms with Crippen molar-refractivity contribution >= 4 is 29.3 Å². The average molecular weight is 379 g/mol. The first-order chi connectivity index (χ1) is 12.5. The summed E-state index contributed by atoms with van der Waals surface area (Å²) in [5, 5.41) is 2.89. The fourth-order valence-electron chi connectivity index (χ4n) is 3.80. The van der Waals surface area contributed by atoms with Crippen molar-refractivity contribution < 1.29 is 19.1 Å². The number of para-hydroxylation sites is 1. The first-order valence-corrected chi connectivity index (χ1v) is 9.31. The predicted molar refractivity (Wildman–Crippen MR) is 97.0 cm³/mol. The minimum absolute atomic E-state index is 0.0497. The van der Waals surface area contributed by atoms with E-state index < -0.39 is 0 Å². The lowest BCUT2D eigenvalue weighted by Crippen LogP contribution is -2.38. The number of nitrogens with zero attached hydrogens (tertiary/aromatic N) is 1. The standard InChI is InChI=1S/C19H23ClN2O4/c1-26-18-14(3-2-4-15(18)20)12-7-9-22(10-8-12)17(24)6-5-13-11-16(23)21-19(13)25/h2-4,12-13H,5-11H2,1H3,(H,21,23,25)/t13-/m0/s1. The van der Waals surface area contributed by atoms with Gasteiger partial charge in [0.15, 0.2) is 0 Å². The lowest BCUT2D eigenvalue weighted by atomic mass is 9.88. The van der Waals surface area contributed by atoms with Crippen LogP contribution in [0, 0.1) is 5.92 Å². The van der Waals surface area contributed by atoms with E-state index in [4.69, 9.17) is 16.3 Å². The van der Waals surface area contributed by atoms with Crippen molar-refractivity contribution in [3.63, 3.8) is 0 Å². The van der Waals surface area contributed by atoms with Crippen molar-refractivity contribution in [3.05, 3.63) is 28.8 Å². The second-order valence-electron chi connectivity index (χ2n) is 6.87. The molecule has 0 aliphatic carbocycles. The van der Waals surface area contributed by atoms with Crippen molar-refractivity contribution in [1.82, 2.24) is 10.2 Å². The third kappa shape index (κ3) is 4.01. The van der Waals surface area contributed by atoms with Crippen molar-refractivity contribution in [2.45, 2.75) is 38.0 Å². The molecule has 0 spiro atoms. The van der Waals surface area contributed by atoms with E-state index in [0.717, 1.165) is 24.2 Å². The molecule has 0 unspecified atom stereocenters. The van der Waals surface area contributed by atoms with E-state index >= 15 is 0 Å². The first-order valence-electron chi connectivity index (χ1n) is 8.93. The number of likely N-dealkylation sites (tertiary alicyclic amines) is 1. The number of rotatable bonds is 5. The first kappa shape index (κ1) is 18.7. The maximum absolute atomic E-state index is 12.4. The number of benzene rings is 1. The Balaban J connectivity index is 1.52. The van der Waals surface area contributed by atoms with Crippen LogP contribution < -0.4 is 10.1 Å². The van der Waals surface area contributed by atoms with E-state index in [0.29, 0.717) is 36.9 Å². The van der Waals surface area contributed by atoms with Gasteiger partial charge in [-0.05, 0) is 36.8 Å². The van der Waals surface area contributed by atoms with Gasteiger partial charge in [-0.3, -0.25) is 19.7 Å². The summed E-state index contributed by atoms with van der Waals surface area (Å²) in [4.78, 5) is 37.1. The molecular weight excluding hydrogens is 356 g/mol. The number of carbonyl (C=O) groups is 3. The van der Waals surface area contributed by atoms with Crippen LogP contribution in [0.1, 0.15) is 43.6 Å². The number of ether oxygens (including phenoxy) is 1. The molecule has 2 heterocycles. The second kappa shape index (κ2) is 8.08. The maximum Gasteiger partial charge on any atom is 0.230 e. The Labute approximate surface area is 157 Å². The maximum atomic E-state index is 12.4. The minimum Gasteiger partial charge on any atom is -0.495 e. The van der Waals surface area contributed by atoms with Crippen LogP contribution >= 0.6 is 11.6 Å². The lowest BCUT2D eigenvalue weighted by molar-refractivity contribution is -0.132. The van der Waals surface area contributed by atoms with Crippen LogP contribution in [-0.4, -0.2) is 42.8 Å². The Kier molecular flexibility index (Phi) is 5.81. The molecule has 1 N–H and O–H groups in total. The summed E-state index contributed by atoms with van der Waals surface area (Å²) < 4.78 is 5.44. The zero-order valence-corrected chi connectivity index (χ0v) is 15.6. The third-order valence-corrected chi connectivity index (χ3v) is 5.56. The number of halogens is 1. The summed E-state index contributed by atoms with van der Waals surface area (Å²) in [6.07, 6.45) is 2.63. The highest BCUT2D eigenvalue weighted by Gasteiger charge is 2.32. The van der Waals surface area contributed by atoms with Gasteiger partial charge in [-0.1, -0.05) is 23.7 Å². The van der Waals surface area contributed by atoms with Crippen molar-refractivity contribution in [1.29, 1.82) is 0 Å². The van der Waals surface area contributed by atoms with Gasteiger partial charge in [0.25, 0.3) is 0 Å². The average Bonchev–Trinajstić information content (AvgIpc) is 2.97. The number of nitrogens with one attached hydrogen (secondary N) is 1. The molecule has 3 amide bonds. The summed E-state index contributed by atoms with van der Waals surface area (Å²) in [5.74, 6) is 0.216. The third-order valence-electron chi connectivity index (χ3n) is 5.26. The van der Waals surface area contributed by atoms with Crippen LogP contribution in [0.2, 0.25) is 5.02 Å². The molecule has 2 aliphatic heterocycles. The van der Waals surface area contributed by atoms with Gasteiger partial charge in [-0.25, -0.2) is 0 Å². The monoisotopic (exact) mass is 378 g/mol. The summed E-state index contributed by atoms with van der Waals surface area (Å²) >= 11 is 6.21. The van der Waals surface area contributed by atoms with Crippen LogP contribution in [0.5, 0.6) is 5.75 Å². The molecule has 2 saturated heterocycles. The second-order valence-corrected chi connectivity index (χ2v) is 7.28. The van der Waals surface area contributed by atoms with Crippen LogP contribution in [0.25, 0.3) is 0 Å². The molecular formula is C19H23ClN2O4. The molecule has 140 valence electrons. The molecule has 1 aromatic rings. The molecule has 1 atom stereocenters. The number of carbonyl (C=O) groups excluding carboxylic acids is 3. The fraction of sp³-hybridized carbons (Fsp3) is 0.526. The van der Waals surface area contributed by atoms with Gasteiger partial charge in [0, 0.05) is 31.8 Å². The molecule has 1 aromatic carbocycles. The van der Waals surface area contributed by atoms with Gasteiger partial charge in [-0.2, -0.15) is 0 Å². The highest BCUT2D eigenvalue weighted by Crippen LogP contribution is 2.38. The zero-order chi connectivity index (χ0) is 18.7. The van der Waals surface area contributed by atoms with Crippen LogP contribution in [-0.2, 0) is 14.4 Å². The van der Waals surface area contributed by atoms with Crippen LogP contribution in [0.15, 0.2) is 18.2 Å². The van der Waals surface area contributed by atoms with Gasteiger partial charge in [0.1, 0.15) is 5.75 Å². The summed E-state index contributed by atoms with van der Waals surface area (Å²) in [5.41, 5.74) is 1.09. The molecule has 6 nitrogen and oxygen atoms in total. The quantitative estimate of drug-likeness (QED) is 0.799. The highest BCUT2D eigenvalue weighted by atomic mass is 35.5. The zero-order valence-electron chi connectivity index (χ0n) is 14.8. The van der Waals surface area contributed by atoms with Crippen LogP contribution in [0.3, 0.4) is 0 Å². The van der Waals surface area contributed by atoms with Gasteiger partial charge in [-0.15, -0.1) is 0 Å². The largest absolute Gasteiger partial charge is 0.495 e. The van der Waals surface area contributed by atoms with Crippen molar-refractivity contribution in [2.24, 2.45) is 5.92 Å². The van der Waals surface area contributed by atoms with Gasteiger partial charge in [0.05, 0.1) is 12.1 Å². The predicted octanol–water partition coefficient (Wildman–Crippen LogP) is 2.50. The van der Waals surface area contributed by atoms with Crippen molar-refractivity contribution in [3.8, 4) is 5.75 Å². The molecule has 0 bridgehead atoms. The Morgan fingerprint density at radius 3 is 2.65 bits per heavy atom. The molecule has 3 rings (SSSR count). The van der Waals surface area contributed by atoms with Gasteiger partial charge < -0.3 is 9.64 Å². The Hall–Kier alpha value is -2.08. The van der Waals surface area contributed by atoms with Crippen LogP contribution in [0.4, 0.5) is 0 Å². The van der Waals surface area contributed by atoms with E-state index in [1.807, 2.05) is 23.1 Å². The highest BCUT2D eigenvalue weighted by molar-refractivity contribution is 6.32. The van der Waals surface area contributed by atoms with Gasteiger partial charge >= 0.3 is 0 Å². The molecule has 2 fully saturated rings. The molecule has 0 saturated carbocycles. The SMILES string of the molecule is COc1c(Cl)cccc1C1CCN(C(=O)CC[C@H]2CC(=O)NC2=O)CC1. The minimum atomic E-state index is -0.361. The van der Waals surface area contributed by atoms with E-state index in [1.165, 1.54) is 0 Å². The summed E-state index contributed by atoms with van der Waals surface area (Å²) in [6, 6.07) is 5.76. The van der Waals surface area contributed by atoms with E-state index in [-0.39, 0.29) is 30.1 Å². The molecule has 0 aromatic heterocycles. The molecule has 2 aliphatic rings. The Bertz CT molecular complexity index is 713. The molecule has 0 radical (unpaired) electrons. The fourth-order valence-corrected chi connectivity index (χ4v) is 4.06. The number of hydrogen-bond acceptors (Lipinski definition) is 4. The topological polar surface area (TPSA) is 75.7 Å². The number of imide groups is 1. The summed E-state index contributed by atoms with van der Waals surface area (Å²) in [7, 11) is 1.62. The molecule has 26 heavy (non-hydrogen) atoms. The lowest BCUT2D eigenvalue weighted by Gasteiger charge is -2.33. The number of piperidine rings is 1. The Morgan fingerprint density at radius 2 is 2.04 bits per heavy atom. The summed E-state index contributed by atoms with van der Waals surface area (Å²) in [6.45, 7) is 1.35. The number of methoxy groups -OCH3 is 1. The van der Waals surface area contributed by atoms with Crippen molar-refractivity contribution in [2.75, 3.05) is 20.2 Å². The van der Waals surface area contributed by atoms with E-state index in [9.17, 15) is 14.4 Å². The molecule has 7 heteroatoms. The van der Waals surface area contributed by atoms with Gasteiger partial charge in [0.2, 0.25) is 17.7 Å².